The number of rotatable bonds is 2. The zero-order valence-electron chi connectivity index (χ0n) is 7.94. The second-order valence-corrected chi connectivity index (χ2v) is 3.60. The van der Waals surface area contributed by atoms with Gasteiger partial charge in [-0.25, -0.2) is 0 Å². The number of hydrogen-bond donors (Lipinski definition) is 2. The molecule has 2 N–H and O–H groups in total. The highest BCUT2D eigenvalue weighted by molar-refractivity contribution is 5.73. The molecule has 0 aromatic heterocycles. The van der Waals surface area contributed by atoms with Crippen LogP contribution in [0.3, 0.4) is 0 Å². The van der Waals surface area contributed by atoms with E-state index >= 15 is 0 Å². The lowest BCUT2D eigenvalue weighted by Crippen LogP contribution is -2.56. The Morgan fingerprint density at radius 1 is 1.67 bits per heavy atom. The number of carbonyl (C=O) groups excluding carboxylic acids is 1. The lowest BCUT2D eigenvalue weighted by Gasteiger charge is -2.37. The van der Waals surface area contributed by atoms with E-state index in [4.69, 9.17) is 0 Å². The van der Waals surface area contributed by atoms with Crippen molar-refractivity contribution < 1.29 is 4.79 Å². The predicted octanol–water partition coefficient (Wildman–Crippen LogP) is 0.655. The van der Waals surface area contributed by atoms with E-state index in [0.717, 1.165) is 32.4 Å². The second kappa shape index (κ2) is 3.90. The molecule has 0 radical (unpaired) electrons. The standard InChI is InChI=1S/C9H18N2O/c1-3-9(11-8(2)12)5-4-6-10-7-9/h10H,3-7H2,1-2H3,(H,11,12). The lowest BCUT2D eigenvalue weighted by atomic mass is 9.87. The van der Waals surface area contributed by atoms with Gasteiger partial charge < -0.3 is 10.6 Å². The third-order valence-electron chi connectivity index (χ3n) is 2.59. The summed E-state index contributed by atoms with van der Waals surface area (Å²) in [6.07, 6.45) is 3.28. The van der Waals surface area contributed by atoms with Gasteiger partial charge >= 0.3 is 0 Å². The zero-order valence-corrected chi connectivity index (χ0v) is 7.94. The molecule has 3 heteroatoms. The van der Waals surface area contributed by atoms with Crippen LogP contribution >= 0.6 is 0 Å². The monoisotopic (exact) mass is 170 g/mol. The molecule has 0 aliphatic carbocycles. The van der Waals surface area contributed by atoms with Gasteiger partial charge in [0.05, 0.1) is 5.54 Å². The molecule has 1 heterocycles. The Bertz CT molecular complexity index is 162. The van der Waals surface area contributed by atoms with Crippen molar-refractivity contribution in [2.75, 3.05) is 13.1 Å². The van der Waals surface area contributed by atoms with E-state index in [9.17, 15) is 4.79 Å². The normalized spacial score (nSPS) is 29.8. The maximum atomic E-state index is 10.9. The van der Waals surface area contributed by atoms with Crippen molar-refractivity contribution in [3.8, 4) is 0 Å². The van der Waals surface area contributed by atoms with Crippen molar-refractivity contribution >= 4 is 5.91 Å². The molecule has 1 saturated heterocycles. The smallest absolute Gasteiger partial charge is 0.217 e. The molecule has 1 aliphatic rings. The number of nitrogens with one attached hydrogen (secondary N) is 2. The first-order valence-electron chi connectivity index (χ1n) is 4.68. The van der Waals surface area contributed by atoms with Crippen molar-refractivity contribution in [2.24, 2.45) is 0 Å². The van der Waals surface area contributed by atoms with Gasteiger partial charge in [0.25, 0.3) is 0 Å². The van der Waals surface area contributed by atoms with Gasteiger partial charge in [0.15, 0.2) is 0 Å². The minimum atomic E-state index is 0.0318. The van der Waals surface area contributed by atoms with Gasteiger partial charge in [0.1, 0.15) is 0 Å². The Morgan fingerprint density at radius 2 is 2.42 bits per heavy atom. The summed E-state index contributed by atoms with van der Waals surface area (Å²) in [6, 6.07) is 0. The molecule has 1 atom stereocenters. The largest absolute Gasteiger partial charge is 0.350 e. The fourth-order valence-electron chi connectivity index (χ4n) is 1.84. The van der Waals surface area contributed by atoms with Crippen LogP contribution in [-0.2, 0) is 4.79 Å². The van der Waals surface area contributed by atoms with Crippen LogP contribution in [0.15, 0.2) is 0 Å². The minimum Gasteiger partial charge on any atom is -0.350 e. The van der Waals surface area contributed by atoms with Crippen LogP contribution in [0.5, 0.6) is 0 Å². The summed E-state index contributed by atoms with van der Waals surface area (Å²) in [5, 5.41) is 6.36. The van der Waals surface area contributed by atoms with Gasteiger partial charge in [-0.15, -0.1) is 0 Å². The van der Waals surface area contributed by atoms with Gasteiger partial charge in [-0.1, -0.05) is 6.92 Å². The van der Waals surface area contributed by atoms with Gasteiger partial charge in [-0.05, 0) is 25.8 Å². The summed E-state index contributed by atoms with van der Waals surface area (Å²) in [5.41, 5.74) is 0.0318. The maximum absolute atomic E-state index is 10.9. The highest BCUT2D eigenvalue weighted by atomic mass is 16.1. The van der Waals surface area contributed by atoms with Crippen LogP contribution in [0.4, 0.5) is 0 Å². The van der Waals surface area contributed by atoms with Crippen molar-refractivity contribution in [1.82, 2.24) is 10.6 Å². The highest BCUT2D eigenvalue weighted by Crippen LogP contribution is 2.19. The van der Waals surface area contributed by atoms with Crippen molar-refractivity contribution in [1.29, 1.82) is 0 Å². The minimum absolute atomic E-state index is 0.0318. The van der Waals surface area contributed by atoms with Gasteiger partial charge in [-0.3, -0.25) is 4.79 Å². The molecule has 0 saturated carbocycles. The number of hydrogen-bond acceptors (Lipinski definition) is 2. The molecule has 70 valence electrons. The summed E-state index contributed by atoms with van der Waals surface area (Å²) < 4.78 is 0. The Labute approximate surface area is 73.9 Å². The van der Waals surface area contributed by atoms with Gasteiger partial charge in [0, 0.05) is 13.5 Å². The predicted molar refractivity (Wildman–Crippen MR) is 48.9 cm³/mol. The molecule has 1 rings (SSSR count). The number of piperidine rings is 1. The summed E-state index contributed by atoms with van der Waals surface area (Å²) in [5.74, 6) is 0.0838. The van der Waals surface area contributed by atoms with Crippen LogP contribution in [0.25, 0.3) is 0 Å². The van der Waals surface area contributed by atoms with Gasteiger partial charge in [0.2, 0.25) is 5.91 Å². The number of carbonyl (C=O) groups is 1. The van der Waals surface area contributed by atoms with E-state index in [1.54, 1.807) is 6.92 Å². The first-order chi connectivity index (χ1) is 5.68. The first kappa shape index (κ1) is 9.52. The second-order valence-electron chi connectivity index (χ2n) is 3.60. The van der Waals surface area contributed by atoms with Gasteiger partial charge in [-0.2, -0.15) is 0 Å². The average molecular weight is 170 g/mol. The summed E-state index contributed by atoms with van der Waals surface area (Å²) in [7, 11) is 0. The van der Waals surface area contributed by atoms with Crippen LogP contribution < -0.4 is 10.6 Å². The molecular weight excluding hydrogens is 152 g/mol. The molecule has 1 fully saturated rings. The summed E-state index contributed by atoms with van der Waals surface area (Å²) >= 11 is 0. The van der Waals surface area contributed by atoms with E-state index in [2.05, 4.69) is 17.6 Å². The molecule has 3 nitrogen and oxygen atoms in total. The molecule has 0 aromatic rings. The maximum Gasteiger partial charge on any atom is 0.217 e. The zero-order chi connectivity index (χ0) is 9.03. The number of amides is 1. The lowest BCUT2D eigenvalue weighted by molar-refractivity contribution is -0.121. The topological polar surface area (TPSA) is 41.1 Å². The van der Waals surface area contributed by atoms with Crippen molar-refractivity contribution in [2.45, 2.75) is 38.6 Å². The third-order valence-corrected chi connectivity index (χ3v) is 2.59. The van der Waals surface area contributed by atoms with Crippen LogP contribution in [-0.4, -0.2) is 24.5 Å². The highest BCUT2D eigenvalue weighted by Gasteiger charge is 2.30. The fourth-order valence-corrected chi connectivity index (χ4v) is 1.84. The van der Waals surface area contributed by atoms with Crippen molar-refractivity contribution in [3.05, 3.63) is 0 Å². The molecular formula is C9H18N2O. The quantitative estimate of drug-likeness (QED) is 0.639. The Hall–Kier alpha value is -0.570. The molecule has 0 spiro atoms. The van der Waals surface area contributed by atoms with E-state index in [-0.39, 0.29) is 11.4 Å². The first-order valence-corrected chi connectivity index (χ1v) is 4.68. The average Bonchev–Trinajstić information content (AvgIpc) is 2.05. The van der Waals surface area contributed by atoms with Crippen LogP contribution in [0, 0.1) is 0 Å². The molecule has 1 aliphatic heterocycles. The fraction of sp³-hybridized carbons (Fsp3) is 0.889. The van der Waals surface area contributed by atoms with Crippen LogP contribution in [0.2, 0.25) is 0 Å². The van der Waals surface area contributed by atoms with Crippen molar-refractivity contribution in [3.63, 3.8) is 0 Å². The SMILES string of the molecule is CCC1(NC(C)=O)CCCNC1. The summed E-state index contributed by atoms with van der Waals surface area (Å²) in [6.45, 7) is 5.72. The van der Waals surface area contributed by atoms with E-state index in [1.165, 1.54) is 0 Å². The molecule has 0 bridgehead atoms. The third kappa shape index (κ3) is 2.21. The summed E-state index contributed by atoms with van der Waals surface area (Å²) in [4.78, 5) is 10.9. The Kier molecular flexibility index (Phi) is 3.09. The molecule has 12 heavy (non-hydrogen) atoms. The molecule has 1 unspecified atom stereocenters. The van der Waals surface area contributed by atoms with E-state index < -0.39 is 0 Å². The Morgan fingerprint density at radius 3 is 2.83 bits per heavy atom. The van der Waals surface area contributed by atoms with E-state index in [0.29, 0.717) is 0 Å². The Balaban J connectivity index is 2.53. The van der Waals surface area contributed by atoms with E-state index in [1.807, 2.05) is 0 Å². The molecule has 0 aromatic carbocycles. The molecule has 1 amide bonds. The van der Waals surface area contributed by atoms with Crippen LogP contribution in [0.1, 0.15) is 33.1 Å².